The number of amides is 1. The second-order valence-corrected chi connectivity index (χ2v) is 7.78. The van der Waals surface area contributed by atoms with Crippen LogP contribution < -0.4 is 5.32 Å². The predicted molar refractivity (Wildman–Crippen MR) is 109 cm³/mol. The normalized spacial score (nSPS) is 16.3. The Labute approximate surface area is 163 Å². The van der Waals surface area contributed by atoms with Gasteiger partial charge in [-0.3, -0.25) is 9.69 Å². The summed E-state index contributed by atoms with van der Waals surface area (Å²) in [6, 6.07) is 13.8. The third-order valence-electron chi connectivity index (χ3n) is 4.75. The molecule has 0 bridgehead atoms. The highest BCUT2D eigenvalue weighted by atomic mass is 32.1. The molecule has 0 radical (unpaired) electrons. The van der Waals surface area contributed by atoms with Crippen LogP contribution in [0.3, 0.4) is 0 Å². The van der Waals surface area contributed by atoms with Crippen molar-refractivity contribution < 1.29 is 9.53 Å². The minimum Gasteiger partial charge on any atom is -0.379 e. The molecule has 0 spiro atoms. The van der Waals surface area contributed by atoms with Gasteiger partial charge >= 0.3 is 0 Å². The first-order valence-electron chi connectivity index (χ1n) is 9.25. The third kappa shape index (κ3) is 4.18. The first-order valence-corrected chi connectivity index (χ1v) is 10.1. The number of benzene rings is 1. The molecule has 3 aromatic rings. The monoisotopic (exact) mass is 381 g/mol. The van der Waals surface area contributed by atoms with Gasteiger partial charge in [-0.25, -0.2) is 4.98 Å². The smallest absolute Gasteiger partial charge is 0.252 e. The lowest BCUT2D eigenvalue weighted by atomic mass is 10.1. The van der Waals surface area contributed by atoms with Crippen LogP contribution in [0.1, 0.15) is 17.3 Å². The molecule has 1 aliphatic heterocycles. The molecule has 140 valence electrons. The molecular weight excluding hydrogens is 358 g/mol. The van der Waals surface area contributed by atoms with Crippen LogP contribution in [0.2, 0.25) is 0 Å². The molecule has 5 nitrogen and oxygen atoms in total. The standard InChI is InChI=1S/C21H23N3O2S/c1-15(14-24-8-10-26-11-9-24)22-21(25)17-13-19(20-7-4-12-27-20)23-18-6-3-2-5-16(17)18/h2-7,12-13,15H,8-11,14H2,1H3,(H,22,25). The first-order chi connectivity index (χ1) is 13.2. The zero-order chi connectivity index (χ0) is 18.6. The Hall–Kier alpha value is -2.28. The number of ether oxygens (including phenoxy) is 1. The van der Waals surface area contributed by atoms with E-state index < -0.39 is 0 Å². The average Bonchev–Trinajstić information content (AvgIpc) is 3.22. The van der Waals surface area contributed by atoms with Crippen LogP contribution in [-0.4, -0.2) is 54.7 Å². The summed E-state index contributed by atoms with van der Waals surface area (Å²) in [6.45, 7) is 6.24. The summed E-state index contributed by atoms with van der Waals surface area (Å²) in [7, 11) is 0. The summed E-state index contributed by atoms with van der Waals surface area (Å²) >= 11 is 1.63. The van der Waals surface area contributed by atoms with Gasteiger partial charge in [0.25, 0.3) is 5.91 Å². The van der Waals surface area contributed by atoms with Crippen molar-refractivity contribution in [1.82, 2.24) is 15.2 Å². The van der Waals surface area contributed by atoms with Gasteiger partial charge in [0.2, 0.25) is 0 Å². The van der Waals surface area contributed by atoms with Crippen LogP contribution in [0, 0.1) is 0 Å². The summed E-state index contributed by atoms with van der Waals surface area (Å²) in [4.78, 5) is 21.2. The Morgan fingerprint density at radius 1 is 1.26 bits per heavy atom. The van der Waals surface area contributed by atoms with Crippen LogP contribution in [-0.2, 0) is 4.74 Å². The number of nitrogens with one attached hydrogen (secondary N) is 1. The van der Waals surface area contributed by atoms with Gasteiger partial charge < -0.3 is 10.1 Å². The van der Waals surface area contributed by atoms with Crippen LogP contribution in [0.5, 0.6) is 0 Å². The molecule has 1 atom stereocenters. The molecule has 2 aromatic heterocycles. The first kappa shape index (κ1) is 18.1. The number of hydrogen-bond donors (Lipinski definition) is 1. The van der Waals surface area contributed by atoms with E-state index in [1.165, 1.54) is 0 Å². The van der Waals surface area contributed by atoms with Crippen LogP contribution in [0.4, 0.5) is 0 Å². The number of pyridine rings is 1. The SMILES string of the molecule is CC(CN1CCOCC1)NC(=O)c1cc(-c2cccs2)nc2ccccc12. The summed E-state index contributed by atoms with van der Waals surface area (Å²) in [5.41, 5.74) is 2.36. The lowest BCUT2D eigenvalue weighted by Gasteiger charge is -2.29. The molecule has 0 aliphatic carbocycles. The largest absolute Gasteiger partial charge is 0.379 e. The van der Waals surface area contributed by atoms with Crippen LogP contribution in [0.15, 0.2) is 47.8 Å². The van der Waals surface area contributed by atoms with E-state index in [0.29, 0.717) is 5.56 Å². The van der Waals surface area contributed by atoms with Gasteiger partial charge in [-0.1, -0.05) is 24.3 Å². The maximum absolute atomic E-state index is 13.1. The van der Waals surface area contributed by atoms with Gasteiger partial charge in [-0.2, -0.15) is 0 Å². The van der Waals surface area contributed by atoms with Crippen molar-refractivity contribution in [3.05, 3.63) is 53.4 Å². The van der Waals surface area contributed by atoms with Gasteiger partial charge in [0, 0.05) is 31.1 Å². The number of nitrogens with zero attached hydrogens (tertiary/aromatic N) is 2. The number of rotatable bonds is 5. The van der Waals surface area contributed by atoms with Crippen LogP contribution in [0.25, 0.3) is 21.5 Å². The summed E-state index contributed by atoms with van der Waals surface area (Å²) in [6.07, 6.45) is 0. The molecule has 3 heterocycles. The zero-order valence-electron chi connectivity index (χ0n) is 15.4. The third-order valence-corrected chi connectivity index (χ3v) is 5.64. The quantitative estimate of drug-likeness (QED) is 0.736. The van der Waals surface area contributed by atoms with E-state index in [1.807, 2.05) is 47.8 Å². The highest BCUT2D eigenvalue weighted by molar-refractivity contribution is 7.13. The zero-order valence-corrected chi connectivity index (χ0v) is 16.2. The van der Waals surface area contributed by atoms with Gasteiger partial charge in [0.1, 0.15) is 0 Å². The highest BCUT2D eigenvalue weighted by Crippen LogP contribution is 2.27. The minimum atomic E-state index is -0.0489. The maximum atomic E-state index is 13.1. The molecule has 27 heavy (non-hydrogen) atoms. The van der Waals surface area contributed by atoms with E-state index in [9.17, 15) is 4.79 Å². The second kappa shape index (κ2) is 8.17. The van der Waals surface area contributed by atoms with Crippen molar-refractivity contribution in [3.8, 4) is 10.6 Å². The van der Waals surface area contributed by atoms with E-state index in [4.69, 9.17) is 9.72 Å². The number of morpholine rings is 1. The van der Waals surface area contributed by atoms with Crippen molar-refractivity contribution in [2.24, 2.45) is 0 Å². The van der Waals surface area contributed by atoms with Crippen molar-refractivity contribution in [1.29, 1.82) is 0 Å². The van der Waals surface area contributed by atoms with Gasteiger partial charge in [0.05, 0.1) is 34.9 Å². The number of carbonyl (C=O) groups excluding carboxylic acids is 1. The van der Waals surface area contributed by atoms with Crippen molar-refractivity contribution in [2.75, 3.05) is 32.8 Å². The number of aromatic nitrogens is 1. The Kier molecular flexibility index (Phi) is 5.48. The Morgan fingerprint density at radius 3 is 2.85 bits per heavy atom. The lowest BCUT2D eigenvalue weighted by molar-refractivity contribution is 0.0342. The molecule has 1 fully saturated rings. The maximum Gasteiger partial charge on any atom is 0.252 e. The molecular formula is C21H23N3O2S. The van der Waals surface area contributed by atoms with E-state index in [-0.39, 0.29) is 11.9 Å². The van der Waals surface area contributed by atoms with Gasteiger partial charge in [-0.05, 0) is 30.5 Å². The molecule has 1 N–H and O–H groups in total. The average molecular weight is 382 g/mol. The predicted octanol–water partition coefficient (Wildman–Crippen LogP) is 3.41. The molecule has 0 saturated carbocycles. The molecule has 4 rings (SSSR count). The highest BCUT2D eigenvalue weighted by Gasteiger charge is 2.18. The summed E-state index contributed by atoms with van der Waals surface area (Å²) in [5, 5.41) is 6.07. The number of hydrogen-bond acceptors (Lipinski definition) is 5. The molecule has 1 aliphatic rings. The molecule has 1 unspecified atom stereocenters. The number of thiophene rings is 1. The lowest BCUT2D eigenvalue weighted by Crippen LogP contribution is -2.46. The fourth-order valence-corrected chi connectivity index (χ4v) is 4.12. The van der Waals surface area contributed by atoms with E-state index >= 15 is 0 Å². The summed E-state index contributed by atoms with van der Waals surface area (Å²) < 4.78 is 5.39. The Balaban J connectivity index is 1.58. The minimum absolute atomic E-state index is 0.0489. The fraction of sp³-hybridized carbons (Fsp3) is 0.333. The fourth-order valence-electron chi connectivity index (χ4n) is 3.43. The van der Waals surface area contributed by atoms with Crippen molar-refractivity contribution in [2.45, 2.75) is 13.0 Å². The van der Waals surface area contributed by atoms with Crippen molar-refractivity contribution >= 4 is 28.1 Å². The van der Waals surface area contributed by atoms with Crippen molar-refractivity contribution in [3.63, 3.8) is 0 Å². The van der Waals surface area contributed by atoms with E-state index in [0.717, 1.165) is 54.3 Å². The number of para-hydroxylation sites is 1. The molecule has 1 amide bonds. The Morgan fingerprint density at radius 2 is 2.07 bits per heavy atom. The summed E-state index contributed by atoms with van der Waals surface area (Å²) in [5.74, 6) is -0.0489. The number of carbonyl (C=O) groups is 1. The molecule has 1 saturated heterocycles. The van der Waals surface area contributed by atoms with E-state index in [1.54, 1.807) is 11.3 Å². The van der Waals surface area contributed by atoms with Gasteiger partial charge in [-0.15, -0.1) is 11.3 Å². The molecule has 1 aromatic carbocycles. The Bertz CT molecular complexity index is 920. The molecule has 6 heteroatoms. The second-order valence-electron chi connectivity index (χ2n) is 6.84. The van der Waals surface area contributed by atoms with Gasteiger partial charge in [0.15, 0.2) is 0 Å². The number of fused-ring (bicyclic) bond motifs is 1. The topological polar surface area (TPSA) is 54.5 Å². The van der Waals surface area contributed by atoms with E-state index in [2.05, 4.69) is 17.1 Å². The van der Waals surface area contributed by atoms with Crippen LogP contribution >= 0.6 is 11.3 Å².